The van der Waals surface area contributed by atoms with Crippen molar-refractivity contribution in [2.45, 2.75) is 32.6 Å². The number of hydrogen-bond acceptors (Lipinski definition) is 2. The first-order chi connectivity index (χ1) is 8.19. The van der Waals surface area contributed by atoms with E-state index >= 15 is 0 Å². The summed E-state index contributed by atoms with van der Waals surface area (Å²) in [5.74, 6) is -0.0765. The van der Waals surface area contributed by atoms with E-state index in [1.54, 1.807) is 19.9 Å². The van der Waals surface area contributed by atoms with Gasteiger partial charge in [0.25, 0.3) is 0 Å². The van der Waals surface area contributed by atoms with Crippen LogP contribution in [-0.2, 0) is 6.54 Å². The van der Waals surface area contributed by atoms with Crippen LogP contribution < -0.4 is 0 Å². The Morgan fingerprint density at radius 1 is 1.33 bits per heavy atom. The van der Waals surface area contributed by atoms with Crippen molar-refractivity contribution in [2.75, 3.05) is 6.54 Å². The Morgan fingerprint density at radius 2 is 1.94 bits per heavy atom. The average molecular weight is 282 g/mol. The highest BCUT2D eigenvalue weighted by Gasteiger charge is 2.31. The van der Waals surface area contributed by atoms with Crippen LogP contribution >= 0.6 is 11.6 Å². The lowest BCUT2D eigenvalue weighted by molar-refractivity contribution is -0.150. The fourth-order valence-corrected chi connectivity index (χ4v) is 1.74. The van der Waals surface area contributed by atoms with Gasteiger partial charge in [0.2, 0.25) is 0 Å². The molecule has 2 nitrogen and oxygen atoms in total. The second kappa shape index (κ2) is 5.80. The van der Waals surface area contributed by atoms with Crippen molar-refractivity contribution in [3.8, 4) is 5.75 Å². The van der Waals surface area contributed by atoms with Gasteiger partial charge in [-0.15, -0.1) is 0 Å². The quantitative estimate of drug-likeness (QED) is 0.907. The summed E-state index contributed by atoms with van der Waals surface area (Å²) in [4.78, 5) is 1.29. The Balaban J connectivity index is 2.80. The number of phenolic OH excluding ortho intramolecular Hbond substituents is 1. The van der Waals surface area contributed by atoms with Crippen molar-refractivity contribution in [3.63, 3.8) is 0 Å². The maximum Gasteiger partial charge on any atom is 0.401 e. The van der Waals surface area contributed by atoms with Crippen LogP contribution in [0.25, 0.3) is 0 Å². The van der Waals surface area contributed by atoms with Gasteiger partial charge in [-0.2, -0.15) is 13.2 Å². The van der Waals surface area contributed by atoms with Crippen LogP contribution in [0.4, 0.5) is 13.2 Å². The predicted molar refractivity (Wildman–Crippen MR) is 64.7 cm³/mol. The average Bonchev–Trinajstić information content (AvgIpc) is 2.20. The third-order valence-electron chi connectivity index (χ3n) is 2.51. The van der Waals surface area contributed by atoms with E-state index in [2.05, 4.69) is 0 Å². The number of hydrogen-bond donors (Lipinski definition) is 1. The van der Waals surface area contributed by atoms with Crippen LogP contribution in [0.2, 0.25) is 5.02 Å². The number of halogens is 4. The van der Waals surface area contributed by atoms with Crippen LogP contribution in [-0.4, -0.2) is 28.8 Å². The first-order valence-electron chi connectivity index (χ1n) is 5.47. The number of benzene rings is 1. The summed E-state index contributed by atoms with van der Waals surface area (Å²) in [6.45, 7) is 2.57. The summed E-state index contributed by atoms with van der Waals surface area (Å²) < 4.78 is 37.2. The largest absolute Gasteiger partial charge is 0.506 e. The van der Waals surface area contributed by atoms with Crippen LogP contribution in [0.3, 0.4) is 0 Å². The monoisotopic (exact) mass is 281 g/mol. The van der Waals surface area contributed by atoms with E-state index in [0.717, 1.165) is 0 Å². The standard InChI is InChI=1S/C12H15ClF3NO/c1-8(2)17(7-12(14,15)16)6-9-3-4-11(18)10(13)5-9/h3-5,8,18H,6-7H2,1-2H3. The van der Waals surface area contributed by atoms with Crippen molar-refractivity contribution in [2.24, 2.45) is 0 Å². The number of aromatic hydroxyl groups is 1. The van der Waals surface area contributed by atoms with E-state index in [1.807, 2.05) is 0 Å². The lowest BCUT2D eigenvalue weighted by atomic mass is 10.2. The number of phenols is 1. The van der Waals surface area contributed by atoms with Gasteiger partial charge in [0.1, 0.15) is 5.75 Å². The summed E-state index contributed by atoms with van der Waals surface area (Å²) in [7, 11) is 0. The summed E-state index contributed by atoms with van der Waals surface area (Å²) in [5, 5.41) is 9.39. The highest BCUT2D eigenvalue weighted by Crippen LogP contribution is 2.25. The fraction of sp³-hybridized carbons (Fsp3) is 0.500. The Bertz CT molecular complexity index is 407. The maximum absolute atomic E-state index is 12.4. The zero-order valence-corrected chi connectivity index (χ0v) is 10.9. The normalized spacial score (nSPS) is 12.4. The molecule has 0 amide bonds. The van der Waals surface area contributed by atoms with Crippen LogP contribution in [0.5, 0.6) is 5.75 Å². The SMILES string of the molecule is CC(C)N(Cc1ccc(O)c(Cl)c1)CC(F)(F)F. The third kappa shape index (κ3) is 4.74. The number of nitrogens with zero attached hydrogens (tertiary/aromatic N) is 1. The van der Waals surface area contributed by atoms with Gasteiger partial charge >= 0.3 is 6.18 Å². The van der Waals surface area contributed by atoms with E-state index < -0.39 is 12.7 Å². The molecular weight excluding hydrogens is 267 g/mol. The summed E-state index contributed by atoms with van der Waals surface area (Å²) >= 11 is 5.72. The molecule has 18 heavy (non-hydrogen) atoms. The molecule has 0 spiro atoms. The van der Waals surface area contributed by atoms with Crippen LogP contribution in [0.15, 0.2) is 18.2 Å². The summed E-state index contributed by atoms with van der Waals surface area (Å²) in [5.41, 5.74) is 0.635. The van der Waals surface area contributed by atoms with Gasteiger partial charge < -0.3 is 5.11 Å². The molecule has 6 heteroatoms. The summed E-state index contributed by atoms with van der Waals surface area (Å²) in [6, 6.07) is 4.18. The third-order valence-corrected chi connectivity index (χ3v) is 2.81. The van der Waals surface area contributed by atoms with Crippen LogP contribution in [0.1, 0.15) is 19.4 Å². The second-order valence-electron chi connectivity index (χ2n) is 4.40. The molecule has 0 radical (unpaired) electrons. The molecule has 0 fully saturated rings. The molecule has 0 atom stereocenters. The zero-order valence-electron chi connectivity index (χ0n) is 10.1. The minimum atomic E-state index is -4.23. The molecule has 0 unspecified atom stereocenters. The highest BCUT2D eigenvalue weighted by molar-refractivity contribution is 6.32. The zero-order chi connectivity index (χ0) is 13.9. The summed E-state index contributed by atoms with van der Waals surface area (Å²) in [6.07, 6.45) is -4.23. The molecule has 1 N–H and O–H groups in total. The second-order valence-corrected chi connectivity index (χ2v) is 4.81. The molecule has 0 saturated heterocycles. The molecule has 0 aliphatic carbocycles. The smallest absolute Gasteiger partial charge is 0.401 e. The molecule has 0 aliphatic rings. The minimum absolute atomic E-state index is 0.0765. The van der Waals surface area contributed by atoms with Crippen molar-refractivity contribution in [3.05, 3.63) is 28.8 Å². The number of alkyl halides is 3. The molecule has 102 valence electrons. The molecule has 1 aromatic carbocycles. The Morgan fingerprint density at radius 3 is 2.39 bits per heavy atom. The topological polar surface area (TPSA) is 23.5 Å². The van der Waals surface area contributed by atoms with E-state index in [4.69, 9.17) is 11.6 Å². The van der Waals surface area contributed by atoms with Gasteiger partial charge in [-0.3, -0.25) is 4.90 Å². The molecule has 0 heterocycles. The predicted octanol–water partition coefficient (Wildman–Crippen LogP) is 3.82. The lowest BCUT2D eigenvalue weighted by Crippen LogP contribution is -2.38. The van der Waals surface area contributed by atoms with Crippen molar-refractivity contribution in [1.29, 1.82) is 0 Å². The maximum atomic E-state index is 12.4. The molecule has 0 aliphatic heterocycles. The van der Waals surface area contributed by atoms with Gasteiger partial charge in [-0.1, -0.05) is 17.7 Å². The molecule has 0 aromatic heterocycles. The van der Waals surface area contributed by atoms with Gasteiger partial charge in [0, 0.05) is 12.6 Å². The van der Waals surface area contributed by atoms with Crippen molar-refractivity contribution < 1.29 is 18.3 Å². The van der Waals surface area contributed by atoms with Crippen LogP contribution in [0, 0.1) is 0 Å². The Labute approximate surface area is 109 Å². The van der Waals surface area contributed by atoms with E-state index in [9.17, 15) is 18.3 Å². The van der Waals surface area contributed by atoms with E-state index in [0.29, 0.717) is 5.56 Å². The van der Waals surface area contributed by atoms with Crippen molar-refractivity contribution >= 4 is 11.6 Å². The molecular formula is C12H15ClF3NO. The molecule has 1 rings (SSSR count). The fourth-order valence-electron chi connectivity index (χ4n) is 1.53. The molecule has 1 aromatic rings. The first-order valence-corrected chi connectivity index (χ1v) is 5.85. The van der Waals surface area contributed by atoms with E-state index in [1.165, 1.54) is 17.0 Å². The van der Waals surface area contributed by atoms with E-state index in [-0.39, 0.29) is 23.4 Å². The Kier molecular flexibility index (Phi) is 4.87. The number of rotatable bonds is 4. The molecule has 0 saturated carbocycles. The highest BCUT2D eigenvalue weighted by atomic mass is 35.5. The van der Waals surface area contributed by atoms with Gasteiger partial charge in [-0.25, -0.2) is 0 Å². The minimum Gasteiger partial charge on any atom is -0.506 e. The van der Waals surface area contributed by atoms with Gasteiger partial charge in [0.05, 0.1) is 11.6 Å². The first kappa shape index (κ1) is 15.1. The van der Waals surface area contributed by atoms with Gasteiger partial charge in [0.15, 0.2) is 0 Å². The molecule has 0 bridgehead atoms. The Hall–Kier alpha value is -0.940. The van der Waals surface area contributed by atoms with Gasteiger partial charge in [-0.05, 0) is 31.5 Å². The lowest BCUT2D eigenvalue weighted by Gasteiger charge is -2.27. The van der Waals surface area contributed by atoms with Crippen molar-refractivity contribution in [1.82, 2.24) is 4.90 Å².